The fourth-order valence-corrected chi connectivity index (χ4v) is 2.90. The van der Waals surface area contributed by atoms with Crippen molar-refractivity contribution in [2.45, 2.75) is 80.2 Å². The van der Waals surface area contributed by atoms with Crippen LogP contribution in [0.1, 0.15) is 42.1 Å². The molecule has 0 spiro atoms. The maximum Gasteiger partial charge on any atom is 0.460 e. The van der Waals surface area contributed by atoms with Gasteiger partial charge in [0, 0.05) is 0 Å². The molecular weight excluding hydrogens is 607 g/mol. The quantitative estimate of drug-likeness (QED) is 0.162. The number of esters is 1. The summed E-state index contributed by atoms with van der Waals surface area (Å²) in [6.07, 6.45) is -8.59. The third-order valence-corrected chi connectivity index (χ3v) is 5.44. The number of aryl methyl sites for hydroxylation is 1. The molecule has 232 valence electrons. The third-order valence-electron chi connectivity index (χ3n) is 5.44. The maximum absolute atomic E-state index is 13.8. The van der Waals surface area contributed by atoms with E-state index in [1.807, 2.05) is 6.92 Å². The Morgan fingerprint density at radius 3 is 1.43 bits per heavy atom. The van der Waals surface area contributed by atoms with Crippen molar-refractivity contribution in [3.05, 3.63) is 35.4 Å². The van der Waals surface area contributed by atoms with E-state index >= 15 is 0 Å². The molecule has 0 bridgehead atoms. The van der Waals surface area contributed by atoms with Crippen LogP contribution in [0.4, 0.5) is 74.6 Å². The molecular formula is C21H17F17O2. The molecule has 0 heterocycles. The van der Waals surface area contributed by atoms with Crippen molar-refractivity contribution in [1.29, 1.82) is 0 Å². The number of benzene rings is 1. The first-order valence-corrected chi connectivity index (χ1v) is 10.6. The van der Waals surface area contributed by atoms with Gasteiger partial charge in [0.1, 0.15) is 0 Å². The molecule has 0 aromatic heterocycles. The number of alkyl halides is 17. The summed E-state index contributed by atoms with van der Waals surface area (Å²) in [5.74, 6) is -58.4. The summed E-state index contributed by atoms with van der Waals surface area (Å²) >= 11 is 0. The number of unbranched alkanes of at least 4 members (excludes halogenated alkanes) is 1. The van der Waals surface area contributed by atoms with E-state index in [4.69, 9.17) is 0 Å². The predicted molar refractivity (Wildman–Crippen MR) is 101 cm³/mol. The standard InChI is InChI=1S/C21H17F17O2/c1-2-3-4-11-5-7-12(8-6-11)13(39)40-10-9-14(22,23)15(24,25)16(26,27)17(28,29)18(30,31)19(32,33)20(34,35)21(36,37)38/h5-8H,2-4,9-10H2,1H3. The summed E-state index contributed by atoms with van der Waals surface area (Å²) in [7, 11) is 0. The Kier molecular flexibility index (Phi) is 9.82. The van der Waals surface area contributed by atoms with Gasteiger partial charge in [0.2, 0.25) is 0 Å². The van der Waals surface area contributed by atoms with Gasteiger partial charge in [-0.2, -0.15) is 74.6 Å². The Labute approximate surface area is 213 Å². The number of carbonyl (C=O) groups excluding carboxylic acids is 1. The van der Waals surface area contributed by atoms with Crippen LogP contribution in [0.3, 0.4) is 0 Å². The van der Waals surface area contributed by atoms with Gasteiger partial charge in [0.05, 0.1) is 18.6 Å². The van der Waals surface area contributed by atoms with Crippen molar-refractivity contribution >= 4 is 5.97 Å². The maximum atomic E-state index is 13.8. The summed E-state index contributed by atoms with van der Waals surface area (Å²) in [4.78, 5) is 11.8. The first-order chi connectivity index (χ1) is 17.7. The highest BCUT2D eigenvalue weighted by molar-refractivity contribution is 5.89. The molecule has 0 atom stereocenters. The van der Waals surface area contributed by atoms with Crippen LogP contribution in [-0.4, -0.2) is 60.2 Å². The molecule has 0 saturated heterocycles. The second kappa shape index (κ2) is 11.1. The SMILES string of the molecule is CCCCc1ccc(C(=O)OCCC(F)(F)C(F)(F)C(F)(F)C(F)(F)C(F)(F)C(F)(F)C(F)(F)C(F)(F)F)cc1. The number of ether oxygens (including phenoxy) is 1. The molecule has 1 aromatic rings. The normalized spacial score (nSPS) is 14.8. The lowest BCUT2D eigenvalue weighted by atomic mass is 9.88. The van der Waals surface area contributed by atoms with Crippen molar-refractivity contribution in [3.63, 3.8) is 0 Å². The average Bonchev–Trinajstić information content (AvgIpc) is 2.81. The zero-order valence-corrected chi connectivity index (χ0v) is 19.6. The van der Waals surface area contributed by atoms with Gasteiger partial charge < -0.3 is 4.74 Å². The average molecular weight is 624 g/mol. The van der Waals surface area contributed by atoms with Gasteiger partial charge in [-0.25, -0.2) is 4.79 Å². The van der Waals surface area contributed by atoms with Gasteiger partial charge in [0.25, 0.3) is 0 Å². The number of hydrogen-bond acceptors (Lipinski definition) is 2. The van der Waals surface area contributed by atoms with E-state index in [2.05, 4.69) is 4.74 Å². The number of halogens is 17. The Bertz CT molecular complexity index is 1010. The minimum atomic E-state index is -8.68. The van der Waals surface area contributed by atoms with Crippen LogP contribution in [0.5, 0.6) is 0 Å². The smallest absolute Gasteiger partial charge is 0.460 e. The summed E-state index contributed by atoms with van der Waals surface area (Å²) < 4.78 is 229. The van der Waals surface area contributed by atoms with Crippen LogP contribution < -0.4 is 0 Å². The van der Waals surface area contributed by atoms with Gasteiger partial charge in [-0.3, -0.25) is 0 Å². The molecule has 1 aromatic carbocycles. The second-order valence-corrected chi connectivity index (χ2v) is 8.33. The molecule has 19 heteroatoms. The highest BCUT2D eigenvalue weighted by atomic mass is 19.4. The molecule has 0 amide bonds. The van der Waals surface area contributed by atoms with Crippen LogP contribution in [0.15, 0.2) is 24.3 Å². The van der Waals surface area contributed by atoms with Gasteiger partial charge >= 0.3 is 53.6 Å². The van der Waals surface area contributed by atoms with E-state index in [9.17, 15) is 79.4 Å². The lowest BCUT2D eigenvalue weighted by molar-refractivity contribution is -0.461. The fourth-order valence-electron chi connectivity index (χ4n) is 2.90. The largest absolute Gasteiger partial charge is 0.462 e. The first kappa shape index (κ1) is 35.5. The van der Waals surface area contributed by atoms with Crippen LogP contribution >= 0.6 is 0 Å². The van der Waals surface area contributed by atoms with Crippen molar-refractivity contribution in [3.8, 4) is 0 Å². The van der Waals surface area contributed by atoms with E-state index in [0.717, 1.165) is 25.0 Å². The molecule has 0 unspecified atom stereocenters. The van der Waals surface area contributed by atoms with Gasteiger partial charge in [-0.05, 0) is 30.5 Å². The third kappa shape index (κ3) is 5.78. The van der Waals surface area contributed by atoms with E-state index < -0.39 is 72.2 Å². The molecule has 40 heavy (non-hydrogen) atoms. The zero-order valence-electron chi connectivity index (χ0n) is 19.6. The van der Waals surface area contributed by atoms with Gasteiger partial charge in [-0.1, -0.05) is 25.5 Å². The van der Waals surface area contributed by atoms with Crippen molar-refractivity contribution in [2.24, 2.45) is 0 Å². The molecule has 0 aliphatic heterocycles. The Morgan fingerprint density at radius 2 is 1.02 bits per heavy atom. The van der Waals surface area contributed by atoms with Crippen LogP contribution in [0, 0.1) is 0 Å². The minimum Gasteiger partial charge on any atom is -0.462 e. The van der Waals surface area contributed by atoms with E-state index in [0.29, 0.717) is 12.0 Å². The summed E-state index contributed by atoms with van der Waals surface area (Å²) in [5, 5.41) is 0. The number of carbonyl (C=O) groups is 1. The van der Waals surface area contributed by atoms with Gasteiger partial charge in [0.15, 0.2) is 0 Å². The molecule has 0 aliphatic carbocycles. The molecule has 0 aliphatic rings. The summed E-state index contributed by atoms with van der Waals surface area (Å²) in [6.45, 7) is -0.130. The second-order valence-electron chi connectivity index (χ2n) is 8.33. The van der Waals surface area contributed by atoms with Crippen LogP contribution in [0.25, 0.3) is 0 Å². The molecule has 2 nitrogen and oxygen atoms in total. The lowest BCUT2D eigenvalue weighted by Crippen LogP contribution is -2.74. The summed E-state index contributed by atoms with van der Waals surface area (Å²) in [6, 6.07) is 4.84. The molecule has 0 fully saturated rings. The number of rotatable bonds is 13. The Morgan fingerprint density at radius 1 is 0.625 bits per heavy atom. The van der Waals surface area contributed by atoms with Crippen molar-refractivity contribution in [2.75, 3.05) is 6.61 Å². The van der Waals surface area contributed by atoms with E-state index in [1.165, 1.54) is 12.1 Å². The highest BCUT2D eigenvalue weighted by Crippen LogP contribution is 2.64. The first-order valence-electron chi connectivity index (χ1n) is 10.6. The van der Waals surface area contributed by atoms with Crippen molar-refractivity contribution < 1.29 is 84.2 Å². The van der Waals surface area contributed by atoms with Crippen LogP contribution in [0.2, 0.25) is 0 Å². The number of hydrogen-bond donors (Lipinski definition) is 0. The lowest BCUT2D eigenvalue weighted by Gasteiger charge is -2.42. The zero-order chi connectivity index (χ0) is 31.8. The van der Waals surface area contributed by atoms with E-state index in [-0.39, 0.29) is 0 Å². The Balaban J connectivity index is 3.19. The highest BCUT2D eigenvalue weighted by Gasteiger charge is 2.95. The van der Waals surface area contributed by atoms with Crippen molar-refractivity contribution in [1.82, 2.24) is 0 Å². The van der Waals surface area contributed by atoms with Gasteiger partial charge in [-0.15, -0.1) is 0 Å². The minimum absolute atomic E-state index is 0.403. The topological polar surface area (TPSA) is 26.3 Å². The van der Waals surface area contributed by atoms with E-state index in [1.54, 1.807) is 0 Å². The monoisotopic (exact) mass is 624 g/mol. The van der Waals surface area contributed by atoms with Crippen LogP contribution in [-0.2, 0) is 11.2 Å². The Hall–Kier alpha value is -2.50. The molecule has 1 rings (SSSR count). The predicted octanol–water partition coefficient (Wildman–Crippen LogP) is 8.59. The fraction of sp³-hybridized carbons (Fsp3) is 0.667. The summed E-state index contributed by atoms with van der Waals surface area (Å²) in [5.41, 5.74) is 0.280. The molecule has 0 saturated carbocycles. The molecule has 0 N–H and O–H groups in total. The molecule has 0 radical (unpaired) electrons.